The van der Waals surface area contributed by atoms with Crippen LogP contribution in [0.25, 0.3) is 10.9 Å². The van der Waals surface area contributed by atoms with Gasteiger partial charge in [0.1, 0.15) is 0 Å². The van der Waals surface area contributed by atoms with Gasteiger partial charge in [-0.3, -0.25) is 4.79 Å². The molecule has 4 nitrogen and oxygen atoms in total. The fraction of sp³-hybridized carbons (Fsp3) is 0.550. The summed E-state index contributed by atoms with van der Waals surface area (Å²) in [6.45, 7) is 6.48. The summed E-state index contributed by atoms with van der Waals surface area (Å²) in [5.74, 6) is 0.511. The van der Waals surface area contributed by atoms with Crippen LogP contribution in [0.3, 0.4) is 0 Å². The van der Waals surface area contributed by atoms with Crippen molar-refractivity contribution in [3.8, 4) is 0 Å². The molecule has 1 fully saturated rings. The summed E-state index contributed by atoms with van der Waals surface area (Å²) in [5.41, 5.74) is 2.45. The standard InChI is InChI=1S/C20H28N2O2/c1-13-18(20(2,3)19(13)24-4)22-17(23)11-7-8-14-12-21-16-10-6-5-9-15(14)16/h5-6,9-10,12-13,18-19,21H,7-8,11H2,1-4H3,(H,22,23). The maximum Gasteiger partial charge on any atom is 0.220 e. The zero-order valence-electron chi connectivity index (χ0n) is 15.1. The van der Waals surface area contributed by atoms with E-state index >= 15 is 0 Å². The SMILES string of the molecule is COC1C(C)C(NC(=O)CCCc2c[nH]c3ccccc23)C1(C)C. The molecule has 1 amide bonds. The van der Waals surface area contributed by atoms with E-state index in [1.165, 1.54) is 10.9 Å². The fourth-order valence-corrected chi connectivity index (χ4v) is 4.45. The summed E-state index contributed by atoms with van der Waals surface area (Å²) in [5, 5.41) is 4.47. The maximum atomic E-state index is 12.3. The molecule has 3 atom stereocenters. The number of rotatable bonds is 6. The Labute approximate surface area is 144 Å². The van der Waals surface area contributed by atoms with E-state index in [9.17, 15) is 4.79 Å². The second-order valence-electron chi connectivity index (χ2n) is 7.60. The Bertz CT molecular complexity index is 719. The van der Waals surface area contributed by atoms with Crippen molar-refractivity contribution in [2.75, 3.05) is 7.11 Å². The van der Waals surface area contributed by atoms with Crippen LogP contribution in [0.2, 0.25) is 0 Å². The van der Waals surface area contributed by atoms with Gasteiger partial charge < -0.3 is 15.0 Å². The highest BCUT2D eigenvalue weighted by molar-refractivity contribution is 5.83. The van der Waals surface area contributed by atoms with E-state index in [0.717, 1.165) is 18.4 Å². The third-order valence-electron chi connectivity index (χ3n) is 5.63. The van der Waals surface area contributed by atoms with Gasteiger partial charge >= 0.3 is 0 Å². The minimum Gasteiger partial charge on any atom is -0.380 e. The Hall–Kier alpha value is -1.81. The summed E-state index contributed by atoms with van der Waals surface area (Å²) < 4.78 is 5.54. The van der Waals surface area contributed by atoms with Gasteiger partial charge in [0.25, 0.3) is 0 Å². The molecule has 0 aliphatic heterocycles. The summed E-state index contributed by atoms with van der Waals surface area (Å²) in [6.07, 6.45) is 4.62. The molecule has 2 aromatic rings. The van der Waals surface area contributed by atoms with Crippen molar-refractivity contribution in [2.24, 2.45) is 11.3 Å². The zero-order valence-corrected chi connectivity index (χ0v) is 15.1. The van der Waals surface area contributed by atoms with E-state index in [1.54, 1.807) is 7.11 Å². The molecule has 0 bridgehead atoms. The van der Waals surface area contributed by atoms with E-state index in [-0.39, 0.29) is 23.5 Å². The van der Waals surface area contributed by atoms with Gasteiger partial charge in [-0.25, -0.2) is 0 Å². The number of nitrogens with one attached hydrogen (secondary N) is 2. The highest BCUT2D eigenvalue weighted by Crippen LogP contribution is 2.46. The predicted molar refractivity (Wildman–Crippen MR) is 96.9 cm³/mol. The number of para-hydroxylation sites is 1. The summed E-state index contributed by atoms with van der Waals surface area (Å²) in [7, 11) is 1.75. The molecular weight excluding hydrogens is 300 g/mol. The van der Waals surface area contributed by atoms with E-state index < -0.39 is 0 Å². The molecule has 1 heterocycles. The number of benzene rings is 1. The Morgan fingerprint density at radius 1 is 1.33 bits per heavy atom. The van der Waals surface area contributed by atoms with Gasteiger partial charge in [0, 0.05) is 48.0 Å². The number of fused-ring (bicyclic) bond motifs is 1. The number of H-pyrrole nitrogens is 1. The van der Waals surface area contributed by atoms with Crippen molar-refractivity contribution >= 4 is 16.8 Å². The third-order valence-corrected chi connectivity index (χ3v) is 5.63. The number of hydrogen-bond acceptors (Lipinski definition) is 2. The highest BCUT2D eigenvalue weighted by Gasteiger charge is 2.55. The van der Waals surface area contributed by atoms with Gasteiger partial charge in [-0.1, -0.05) is 39.0 Å². The third kappa shape index (κ3) is 2.95. The number of aryl methyl sites for hydroxylation is 1. The van der Waals surface area contributed by atoms with E-state index in [0.29, 0.717) is 12.3 Å². The first-order chi connectivity index (χ1) is 11.4. The van der Waals surface area contributed by atoms with Crippen LogP contribution in [-0.2, 0) is 16.0 Å². The zero-order chi connectivity index (χ0) is 17.3. The van der Waals surface area contributed by atoms with Crippen molar-refractivity contribution in [1.82, 2.24) is 10.3 Å². The van der Waals surface area contributed by atoms with Crippen molar-refractivity contribution in [3.63, 3.8) is 0 Å². The summed E-state index contributed by atoms with van der Waals surface area (Å²) >= 11 is 0. The first-order valence-corrected chi connectivity index (χ1v) is 8.82. The molecule has 2 N–H and O–H groups in total. The monoisotopic (exact) mass is 328 g/mol. The molecule has 4 heteroatoms. The largest absolute Gasteiger partial charge is 0.380 e. The average Bonchev–Trinajstić information content (AvgIpc) is 2.96. The number of amides is 1. The van der Waals surface area contributed by atoms with Crippen molar-refractivity contribution in [3.05, 3.63) is 36.0 Å². The van der Waals surface area contributed by atoms with Gasteiger partial charge in [0.15, 0.2) is 0 Å². The van der Waals surface area contributed by atoms with Crippen LogP contribution in [0.4, 0.5) is 0 Å². The minimum atomic E-state index is 0.000662. The molecule has 3 rings (SSSR count). The van der Waals surface area contributed by atoms with Crippen molar-refractivity contribution < 1.29 is 9.53 Å². The van der Waals surface area contributed by atoms with Crippen LogP contribution in [-0.4, -0.2) is 30.1 Å². The number of hydrogen-bond donors (Lipinski definition) is 2. The van der Waals surface area contributed by atoms with Crippen LogP contribution in [0.15, 0.2) is 30.5 Å². The van der Waals surface area contributed by atoms with Gasteiger partial charge in [-0.05, 0) is 24.5 Å². The first kappa shape index (κ1) is 17.0. The fourth-order valence-electron chi connectivity index (χ4n) is 4.45. The second kappa shape index (κ2) is 6.60. The van der Waals surface area contributed by atoms with Gasteiger partial charge in [0.05, 0.1) is 6.10 Å². The molecule has 0 saturated heterocycles. The lowest BCUT2D eigenvalue weighted by atomic mass is 9.58. The lowest BCUT2D eigenvalue weighted by Crippen LogP contribution is -2.67. The molecule has 1 aliphatic carbocycles. The lowest BCUT2D eigenvalue weighted by Gasteiger charge is -2.56. The van der Waals surface area contributed by atoms with Gasteiger partial charge in [0.2, 0.25) is 5.91 Å². The lowest BCUT2D eigenvalue weighted by molar-refractivity contribution is -0.154. The average molecular weight is 328 g/mol. The van der Waals surface area contributed by atoms with Crippen LogP contribution < -0.4 is 5.32 Å². The molecule has 1 aromatic carbocycles. The quantitative estimate of drug-likeness (QED) is 0.850. The normalized spacial score (nSPS) is 25.4. The van der Waals surface area contributed by atoms with Crippen molar-refractivity contribution in [2.45, 2.75) is 52.2 Å². The van der Waals surface area contributed by atoms with E-state index in [4.69, 9.17) is 4.74 Å². The molecule has 1 saturated carbocycles. The highest BCUT2D eigenvalue weighted by atomic mass is 16.5. The molecule has 1 aromatic heterocycles. The first-order valence-electron chi connectivity index (χ1n) is 8.82. The maximum absolute atomic E-state index is 12.3. The number of aromatic amines is 1. The smallest absolute Gasteiger partial charge is 0.220 e. The number of ether oxygens (including phenoxy) is 1. The Morgan fingerprint density at radius 3 is 2.79 bits per heavy atom. The molecule has 24 heavy (non-hydrogen) atoms. The predicted octanol–water partition coefficient (Wildman–Crippen LogP) is 3.67. The summed E-state index contributed by atoms with van der Waals surface area (Å²) in [4.78, 5) is 15.6. The number of methoxy groups -OCH3 is 1. The second-order valence-corrected chi connectivity index (χ2v) is 7.60. The summed E-state index contributed by atoms with van der Waals surface area (Å²) in [6, 6.07) is 8.49. The van der Waals surface area contributed by atoms with Crippen LogP contribution >= 0.6 is 0 Å². The van der Waals surface area contributed by atoms with Crippen LogP contribution in [0.5, 0.6) is 0 Å². The van der Waals surface area contributed by atoms with Gasteiger partial charge in [-0.2, -0.15) is 0 Å². The topological polar surface area (TPSA) is 54.1 Å². The Kier molecular flexibility index (Phi) is 4.68. The molecule has 1 aliphatic rings. The van der Waals surface area contributed by atoms with Gasteiger partial charge in [-0.15, -0.1) is 0 Å². The Morgan fingerprint density at radius 2 is 2.08 bits per heavy atom. The number of carbonyl (C=O) groups is 1. The van der Waals surface area contributed by atoms with Crippen LogP contribution in [0.1, 0.15) is 39.2 Å². The molecule has 130 valence electrons. The molecular formula is C20H28N2O2. The Balaban J connectivity index is 1.50. The van der Waals surface area contributed by atoms with E-state index in [1.807, 2.05) is 6.07 Å². The van der Waals surface area contributed by atoms with Crippen molar-refractivity contribution in [1.29, 1.82) is 0 Å². The minimum absolute atomic E-state index is 0.000662. The van der Waals surface area contributed by atoms with E-state index in [2.05, 4.69) is 55.5 Å². The molecule has 0 radical (unpaired) electrons. The van der Waals surface area contributed by atoms with Crippen LogP contribution in [0, 0.1) is 11.3 Å². The number of carbonyl (C=O) groups excluding carboxylic acids is 1. The molecule has 0 spiro atoms. The molecule has 3 unspecified atom stereocenters. The number of aromatic nitrogens is 1.